The first-order valence-corrected chi connectivity index (χ1v) is 10.7. The van der Waals surface area contributed by atoms with Gasteiger partial charge in [-0.3, -0.25) is 0 Å². The zero-order chi connectivity index (χ0) is 18.3. The van der Waals surface area contributed by atoms with Crippen molar-refractivity contribution in [2.75, 3.05) is 0 Å². The standard InChI is InChI=1S/C21H15N3S3/c1-4-10-22-19(7-1)25-16-13-17(26-20-8-2-5-11-23-20)15-18(14-16)27-21-9-3-6-12-24-21/h1-15H. The predicted molar refractivity (Wildman–Crippen MR) is 112 cm³/mol. The first-order chi connectivity index (χ1) is 13.3. The van der Waals surface area contributed by atoms with E-state index < -0.39 is 0 Å². The minimum atomic E-state index is 0.978. The van der Waals surface area contributed by atoms with Crippen molar-refractivity contribution < 1.29 is 0 Å². The van der Waals surface area contributed by atoms with Crippen LogP contribution in [-0.2, 0) is 0 Å². The summed E-state index contributed by atoms with van der Waals surface area (Å²) in [5, 5.41) is 2.93. The third-order valence-corrected chi connectivity index (χ3v) is 6.20. The number of aromatic nitrogens is 3. The highest BCUT2D eigenvalue weighted by Crippen LogP contribution is 2.37. The van der Waals surface area contributed by atoms with Gasteiger partial charge in [0.15, 0.2) is 0 Å². The molecule has 0 aliphatic carbocycles. The van der Waals surface area contributed by atoms with Gasteiger partial charge in [-0.2, -0.15) is 0 Å². The average Bonchev–Trinajstić information content (AvgIpc) is 2.70. The monoisotopic (exact) mass is 405 g/mol. The minimum absolute atomic E-state index is 0.978. The highest BCUT2D eigenvalue weighted by Gasteiger charge is 2.08. The molecule has 0 aliphatic heterocycles. The molecule has 132 valence electrons. The molecular weight excluding hydrogens is 390 g/mol. The first-order valence-electron chi connectivity index (χ1n) is 8.27. The van der Waals surface area contributed by atoms with Crippen LogP contribution in [0.2, 0.25) is 0 Å². The van der Waals surface area contributed by atoms with Crippen LogP contribution in [0.1, 0.15) is 0 Å². The van der Waals surface area contributed by atoms with E-state index in [4.69, 9.17) is 0 Å². The molecule has 0 N–H and O–H groups in total. The Balaban J connectivity index is 1.64. The Morgan fingerprint density at radius 1 is 0.444 bits per heavy atom. The van der Waals surface area contributed by atoms with E-state index in [-0.39, 0.29) is 0 Å². The zero-order valence-corrected chi connectivity index (χ0v) is 16.7. The lowest BCUT2D eigenvalue weighted by Crippen LogP contribution is -1.84. The molecule has 3 heterocycles. The van der Waals surface area contributed by atoms with Crippen molar-refractivity contribution in [3.05, 3.63) is 91.4 Å². The quantitative estimate of drug-likeness (QED) is 0.373. The Morgan fingerprint density at radius 2 is 0.778 bits per heavy atom. The average molecular weight is 406 g/mol. The highest BCUT2D eigenvalue weighted by atomic mass is 32.2. The maximum Gasteiger partial charge on any atom is 0.101 e. The molecule has 0 bridgehead atoms. The molecule has 1 aromatic carbocycles. The normalized spacial score (nSPS) is 10.7. The van der Waals surface area contributed by atoms with Crippen LogP contribution in [0.15, 0.2) is 121 Å². The Bertz CT molecular complexity index is 852. The molecule has 0 aliphatic rings. The Hall–Kier alpha value is -2.28. The SMILES string of the molecule is c1ccc(Sc2cc(Sc3ccccn3)cc(Sc3ccccn3)c2)nc1. The molecule has 3 nitrogen and oxygen atoms in total. The van der Waals surface area contributed by atoms with Crippen LogP contribution >= 0.6 is 35.3 Å². The van der Waals surface area contributed by atoms with Gasteiger partial charge in [0.25, 0.3) is 0 Å². The van der Waals surface area contributed by atoms with Gasteiger partial charge in [0.1, 0.15) is 15.1 Å². The minimum Gasteiger partial charge on any atom is -0.250 e. The van der Waals surface area contributed by atoms with Crippen molar-refractivity contribution in [2.24, 2.45) is 0 Å². The maximum absolute atomic E-state index is 4.43. The van der Waals surface area contributed by atoms with Crippen molar-refractivity contribution in [3.8, 4) is 0 Å². The third-order valence-electron chi connectivity index (χ3n) is 3.43. The fourth-order valence-corrected chi connectivity index (χ4v) is 5.15. The topological polar surface area (TPSA) is 38.7 Å². The van der Waals surface area contributed by atoms with Crippen molar-refractivity contribution in [1.29, 1.82) is 0 Å². The summed E-state index contributed by atoms with van der Waals surface area (Å²) >= 11 is 4.98. The van der Waals surface area contributed by atoms with Crippen molar-refractivity contribution in [2.45, 2.75) is 29.8 Å². The fraction of sp³-hybridized carbons (Fsp3) is 0. The summed E-state index contributed by atoms with van der Waals surface area (Å²) < 4.78 is 0. The van der Waals surface area contributed by atoms with E-state index in [1.54, 1.807) is 35.3 Å². The molecule has 6 heteroatoms. The highest BCUT2D eigenvalue weighted by molar-refractivity contribution is 8.00. The van der Waals surface area contributed by atoms with Crippen molar-refractivity contribution in [1.82, 2.24) is 15.0 Å². The van der Waals surface area contributed by atoms with Gasteiger partial charge in [-0.25, -0.2) is 15.0 Å². The maximum atomic E-state index is 4.43. The van der Waals surface area contributed by atoms with Gasteiger partial charge in [0.2, 0.25) is 0 Å². The van der Waals surface area contributed by atoms with Crippen molar-refractivity contribution in [3.63, 3.8) is 0 Å². The van der Waals surface area contributed by atoms with Crippen LogP contribution in [0.25, 0.3) is 0 Å². The number of nitrogens with zero attached hydrogens (tertiary/aromatic N) is 3. The third kappa shape index (κ3) is 5.35. The molecule has 0 saturated carbocycles. The van der Waals surface area contributed by atoms with Crippen LogP contribution in [0.3, 0.4) is 0 Å². The number of hydrogen-bond acceptors (Lipinski definition) is 6. The van der Waals surface area contributed by atoms with E-state index in [9.17, 15) is 0 Å². The lowest BCUT2D eigenvalue weighted by atomic mass is 10.4. The lowest BCUT2D eigenvalue weighted by molar-refractivity contribution is 1.11. The largest absolute Gasteiger partial charge is 0.250 e. The number of rotatable bonds is 6. The second-order valence-electron chi connectivity index (χ2n) is 5.45. The molecule has 0 unspecified atom stereocenters. The van der Waals surface area contributed by atoms with E-state index in [0.717, 1.165) is 29.8 Å². The zero-order valence-electron chi connectivity index (χ0n) is 14.2. The van der Waals surface area contributed by atoms with Crippen LogP contribution in [0, 0.1) is 0 Å². The summed E-state index contributed by atoms with van der Waals surface area (Å²) in [6.45, 7) is 0. The van der Waals surface area contributed by atoms with E-state index in [1.807, 2.05) is 73.2 Å². The summed E-state index contributed by atoms with van der Waals surface area (Å²) in [6, 6.07) is 24.4. The molecule has 0 atom stereocenters. The second-order valence-corrected chi connectivity index (χ2v) is 8.73. The molecule has 0 spiro atoms. The number of pyridine rings is 3. The molecule has 4 aromatic rings. The summed E-state index contributed by atoms with van der Waals surface area (Å²) in [7, 11) is 0. The smallest absolute Gasteiger partial charge is 0.101 e. The van der Waals surface area contributed by atoms with Gasteiger partial charge < -0.3 is 0 Å². The Morgan fingerprint density at radius 3 is 1.04 bits per heavy atom. The van der Waals surface area contributed by atoms with Gasteiger partial charge >= 0.3 is 0 Å². The first kappa shape index (κ1) is 18.1. The van der Waals surface area contributed by atoms with Gasteiger partial charge in [0, 0.05) is 33.3 Å². The van der Waals surface area contributed by atoms with E-state index in [0.29, 0.717) is 0 Å². The van der Waals surface area contributed by atoms with Crippen LogP contribution < -0.4 is 0 Å². The molecule has 4 rings (SSSR count). The second kappa shape index (κ2) is 9.08. The Kier molecular flexibility index (Phi) is 6.09. The van der Waals surface area contributed by atoms with E-state index >= 15 is 0 Å². The molecule has 27 heavy (non-hydrogen) atoms. The predicted octanol–water partition coefficient (Wildman–Crippen LogP) is 6.33. The molecule has 0 fully saturated rings. The van der Waals surface area contributed by atoms with Crippen LogP contribution in [0.4, 0.5) is 0 Å². The molecule has 0 radical (unpaired) electrons. The van der Waals surface area contributed by atoms with E-state index in [1.165, 1.54) is 0 Å². The van der Waals surface area contributed by atoms with Crippen LogP contribution in [-0.4, -0.2) is 15.0 Å². The van der Waals surface area contributed by atoms with Gasteiger partial charge in [-0.15, -0.1) is 0 Å². The van der Waals surface area contributed by atoms with Crippen molar-refractivity contribution >= 4 is 35.3 Å². The summed E-state index contributed by atoms with van der Waals surface area (Å²) in [6.07, 6.45) is 5.45. The molecule has 0 amide bonds. The number of benzene rings is 1. The molecular formula is C21H15N3S3. The van der Waals surface area contributed by atoms with Gasteiger partial charge in [0.05, 0.1) is 0 Å². The molecule has 0 saturated heterocycles. The number of hydrogen-bond donors (Lipinski definition) is 0. The van der Waals surface area contributed by atoms with Gasteiger partial charge in [-0.1, -0.05) is 53.5 Å². The molecule has 3 aromatic heterocycles. The summed E-state index contributed by atoms with van der Waals surface area (Å²) in [5.74, 6) is 0. The van der Waals surface area contributed by atoms with E-state index in [2.05, 4.69) is 33.2 Å². The van der Waals surface area contributed by atoms with Crippen LogP contribution in [0.5, 0.6) is 0 Å². The summed E-state index contributed by atoms with van der Waals surface area (Å²) in [4.78, 5) is 16.7. The van der Waals surface area contributed by atoms with Gasteiger partial charge in [-0.05, 0) is 54.6 Å². The fourth-order valence-electron chi connectivity index (χ4n) is 2.31. The lowest BCUT2D eigenvalue weighted by Gasteiger charge is -2.09. The Labute approximate surface area is 171 Å². The summed E-state index contributed by atoms with van der Waals surface area (Å²) in [5.41, 5.74) is 0.